The van der Waals surface area contributed by atoms with Gasteiger partial charge in [-0.25, -0.2) is 19.2 Å². The van der Waals surface area contributed by atoms with Crippen molar-refractivity contribution >= 4 is 21.9 Å². The molecule has 0 saturated heterocycles. The predicted octanol–water partition coefficient (Wildman–Crippen LogP) is 2.87. The van der Waals surface area contributed by atoms with Gasteiger partial charge in [-0.1, -0.05) is 15.9 Å². The average Bonchev–Trinajstić information content (AvgIpc) is 2.33. The first-order chi connectivity index (χ1) is 8.56. The highest BCUT2D eigenvalue weighted by Gasteiger charge is 2.08. The summed E-state index contributed by atoms with van der Waals surface area (Å²) in [6.07, 6.45) is 2.15. The average molecular weight is 313 g/mol. The lowest BCUT2D eigenvalue weighted by Gasteiger charge is -2.05. The van der Waals surface area contributed by atoms with E-state index in [0.29, 0.717) is 4.47 Å². The van der Waals surface area contributed by atoms with Crippen LogP contribution in [-0.4, -0.2) is 21.0 Å². The van der Waals surface area contributed by atoms with Crippen molar-refractivity contribution < 1.29 is 19.0 Å². The summed E-state index contributed by atoms with van der Waals surface area (Å²) < 4.78 is 19.2. The van der Waals surface area contributed by atoms with E-state index in [1.165, 1.54) is 12.1 Å². The largest absolute Gasteiger partial charge is 0.476 e. The highest BCUT2D eigenvalue weighted by atomic mass is 79.9. The molecular formula is C11H6BrFN2O3. The second-order valence-corrected chi connectivity index (χ2v) is 4.14. The van der Waals surface area contributed by atoms with E-state index >= 15 is 0 Å². The van der Waals surface area contributed by atoms with E-state index in [4.69, 9.17) is 9.84 Å². The van der Waals surface area contributed by atoms with Crippen molar-refractivity contribution in [2.75, 3.05) is 0 Å². The number of hydrogen-bond donors (Lipinski definition) is 1. The Balaban J connectivity index is 2.21. The number of carboxylic acids is 1. The number of hydrogen-bond acceptors (Lipinski definition) is 4. The minimum Gasteiger partial charge on any atom is -0.476 e. The molecule has 0 aliphatic heterocycles. The number of nitrogens with zero attached hydrogens (tertiary/aromatic N) is 2. The van der Waals surface area contributed by atoms with Crippen molar-refractivity contribution in [2.45, 2.75) is 0 Å². The number of rotatable bonds is 3. The predicted molar refractivity (Wildman–Crippen MR) is 63.2 cm³/mol. The first-order valence-corrected chi connectivity index (χ1v) is 5.54. The molecule has 1 heterocycles. The molecule has 0 aliphatic rings. The molecule has 1 N–H and O–H groups in total. The number of carbonyl (C=O) groups is 1. The summed E-state index contributed by atoms with van der Waals surface area (Å²) in [5, 5.41) is 8.63. The smallest absolute Gasteiger partial charge is 0.356 e. The van der Waals surface area contributed by atoms with Gasteiger partial charge in [0, 0.05) is 4.47 Å². The van der Waals surface area contributed by atoms with Crippen molar-refractivity contribution in [1.82, 2.24) is 9.97 Å². The third-order valence-electron chi connectivity index (χ3n) is 1.96. The molecule has 1 aromatic heterocycles. The fraction of sp³-hybridized carbons (Fsp3) is 0. The standard InChI is InChI=1S/C11H6BrFN2O3/c12-6-1-2-9(7(13)3-6)18-10-5-14-8(4-15-10)11(16)17/h1-5H,(H,16,17). The molecule has 0 aliphatic carbocycles. The number of aromatic nitrogens is 2. The molecule has 0 radical (unpaired) electrons. The van der Waals surface area contributed by atoms with Gasteiger partial charge in [0.15, 0.2) is 17.3 Å². The van der Waals surface area contributed by atoms with Crippen LogP contribution in [0.25, 0.3) is 0 Å². The normalized spacial score (nSPS) is 10.1. The summed E-state index contributed by atoms with van der Waals surface area (Å²) in [7, 11) is 0. The molecule has 0 bridgehead atoms. The van der Waals surface area contributed by atoms with Crippen LogP contribution in [0.5, 0.6) is 11.6 Å². The fourth-order valence-electron chi connectivity index (χ4n) is 1.15. The lowest BCUT2D eigenvalue weighted by molar-refractivity contribution is 0.0690. The van der Waals surface area contributed by atoms with Crippen LogP contribution < -0.4 is 4.74 Å². The second-order valence-electron chi connectivity index (χ2n) is 3.22. The summed E-state index contributed by atoms with van der Waals surface area (Å²) in [6.45, 7) is 0. The van der Waals surface area contributed by atoms with Gasteiger partial charge in [-0.2, -0.15) is 0 Å². The molecule has 0 atom stereocenters. The zero-order valence-corrected chi connectivity index (χ0v) is 10.4. The number of benzene rings is 1. The molecular weight excluding hydrogens is 307 g/mol. The van der Waals surface area contributed by atoms with Crippen LogP contribution in [0, 0.1) is 5.82 Å². The van der Waals surface area contributed by atoms with Crippen molar-refractivity contribution in [3.05, 3.63) is 46.6 Å². The molecule has 0 saturated carbocycles. The van der Waals surface area contributed by atoms with E-state index in [2.05, 4.69) is 25.9 Å². The Kier molecular flexibility index (Phi) is 3.52. The zero-order chi connectivity index (χ0) is 13.1. The van der Waals surface area contributed by atoms with Gasteiger partial charge in [0.1, 0.15) is 0 Å². The molecule has 2 rings (SSSR count). The van der Waals surface area contributed by atoms with E-state index in [0.717, 1.165) is 12.4 Å². The van der Waals surface area contributed by atoms with E-state index in [1.807, 2.05) is 0 Å². The monoisotopic (exact) mass is 312 g/mol. The van der Waals surface area contributed by atoms with Crippen LogP contribution in [0.3, 0.4) is 0 Å². The van der Waals surface area contributed by atoms with Gasteiger partial charge in [0.05, 0.1) is 12.4 Å². The summed E-state index contributed by atoms with van der Waals surface area (Å²) in [5.41, 5.74) is -0.210. The maximum absolute atomic E-state index is 13.4. The molecule has 0 spiro atoms. The van der Waals surface area contributed by atoms with Crippen LogP contribution in [-0.2, 0) is 0 Å². The number of aromatic carboxylic acids is 1. The van der Waals surface area contributed by atoms with Crippen LogP contribution in [0.2, 0.25) is 0 Å². The molecule has 7 heteroatoms. The highest BCUT2D eigenvalue weighted by Crippen LogP contribution is 2.25. The van der Waals surface area contributed by atoms with Gasteiger partial charge in [-0.05, 0) is 18.2 Å². The Hall–Kier alpha value is -2.02. The topological polar surface area (TPSA) is 72.3 Å². The zero-order valence-electron chi connectivity index (χ0n) is 8.80. The highest BCUT2D eigenvalue weighted by molar-refractivity contribution is 9.10. The molecule has 92 valence electrons. The summed E-state index contributed by atoms with van der Waals surface area (Å²) in [6, 6.07) is 4.28. The Morgan fingerprint density at radius 3 is 2.67 bits per heavy atom. The van der Waals surface area contributed by atoms with E-state index in [-0.39, 0.29) is 17.3 Å². The Morgan fingerprint density at radius 2 is 2.11 bits per heavy atom. The molecule has 18 heavy (non-hydrogen) atoms. The number of ether oxygens (including phenoxy) is 1. The Morgan fingerprint density at radius 1 is 1.33 bits per heavy atom. The minimum atomic E-state index is -1.19. The maximum atomic E-state index is 13.4. The van der Waals surface area contributed by atoms with Crippen molar-refractivity contribution in [1.29, 1.82) is 0 Å². The molecule has 0 amide bonds. The van der Waals surface area contributed by atoms with Crippen LogP contribution >= 0.6 is 15.9 Å². The van der Waals surface area contributed by atoms with Gasteiger partial charge in [0.2, 0.25) is 5.88 Å². The van der Waals surface area contributed by atoms with Gasteiger partial charge in [-0.3, -0.25) is 0 Å². The van der Waals surface area contributed by atoms with Crippen LogP contribution in [0.15, 0.2) is 35.1 Å². The molecule has 0 unspecified atom stereocenters. The van der Waals surface area contributed by atoms with Crippen LogP contribution in [0.4, 0.5) is 4.39 Å². The molecule has 1 aromatic carbocycles. The van der Waals surface area contributed by atoms with E-state index < -0.39 is 11.8 Å². The summed E-state index contributed by atoms with van der Waals surface area (Å²) in [5.74, 6) is -1.76. The van der Waals surface area contributed by atoms with Gasteiger partial charge < -0.3 is 9.84 Å². The quantitative estimate of drug-likeness (QED) is 0.943. The second kappa shape index (κ2) is 5.09. The number of halogens is 2. The lowest BCUT2D eigenvalue weighted by Crippen LogP contribution is -2.01. The Bertz CT molecular complexity index is 589. The number of carboxylic acid groups (broad SMARTS) is 1. The first kappa shape index (κ1) is 12.4. The van der Waals surface area contributed by atoms with Crippen LogP contribution in [0.1, 0.15) is 10.5 Å². The van der Waals surface area contributed by atoms with E-state index in [9.17, 15) is 9.18 Å². The first-order valence-electron chi connectivity index (χ1n) is 4.74. The third kappa shape index (κ3) is 2.80. The maximum Gasteiger partial charge on any atom is 0.356 e. The van der Waals surface area contributed by atoms with Gasteiger partial charge in [-0.15, -0.1) is 0 Å². The SMILES string of the molecule is O=C(O)c1cnc(Oc2ccc(Br)cc2F)cn1. The van der Waals surface area contributed by atoms with Crippen molar-refractivity contribution in [2.24, 2.45) is 0 Å². The molecule has 2 aromatic rings. The third-order valence-corrected chi connectivity index (χ3v) is 2.45. The summed E-state index contributed by atoms with van der Waals surface area (Å²) in [4.78, 5) is 17.9. The van der Waals surface area contributed by atoms with Crippen molar-refractivity contribution in [3.63, 3.8) is 0 Å². The van der Waals surface area contributed by atoms with Gasteiger partial charge >= 0.3 is 5.97 Å². The van der Waals surface area contributed by atoms with E-state index in [1.54, 1.807) is 6.07 Å². The molecule has 0 fully saturated rings. The van der Waals surface area contributed by atoms with Gasteiger partial charge in [0.25, 0.3) is 0 Å². The fourth-order valence-corrected chi connectivity index (χ4v) is 1.48. The molecule has 5 nitrogen and oxygen atoms in total. The summed E-state index contributed by atoms with van der Waals surface area (Å²) >= 11 is 3.12. The van der Waals surface area contributed by atoms with Crippen molar-refractivity contribution in [3.8, 4) is 11.6 Å². The minimum absolute atomic E-state index is 0.0150. The Labute approximate surface area is 109 Å². The lowest BCUT2D eigenvalue weighted by atomic mass is 10.3.